The van der Waals surface area contributed by atoms with E-state index in [4.69, 9.17) is 11.6 Å². The molecular weight excluding hydrogens is 350 g/mol. The first-order chi connectivity index (χ1) is 12.7. The van der Waals surface area contributed by atoms with Gasteiger partial charge in [-0.2, -0.15) is 5.10 Å². The number of nitrogens with zero attached hydrogens (tertiary/aromatic N) is 5. The predicted octanol–water partition coefficient (Wildman–Crippen LogP) is 3.15. The van der Waals surface area contributed by atoms with Gasteiger partial charge in [-0.1, -0.05) is 11.6 Å². The number of pyridine rings is 1. The van der Waals surface area contributed by atoms with E-state index in [0.29, 0.717) is 17.0 Å². The molecule has 2 aromatic heterocycles. The molecule has 1 aliphatic carbocycles. The molecule has 4 rings (SSSR count). The van der Waals surface area contributed by atoms with Gasteiger partial charge in [-0.25, -0.2) is 4.68 Å². The second-order valence-electron chi connectivity index (χ2n) is 7.08. The molecule has 138 valence electrons. The number of amides is 1. The lowest BCUT2D eigenvalue weighted by atomic mass is 9.94. The minimum Gasteiger partial charge on any atom is -0.368 e. The average molecular weight is 374 g/mol. The first-order valence-corrected chi connectivity index (χ1v) is 9.75. The minimum absolute atomic E-state index is 0.145. The largest absolute Gasteiger partial charge is 0.368 e. The van der Waals surface area contributed by atoms with Crippen molar-refractivity contribution in [3.63, 3.8) is 0 Å². The maximum absolute atomic E-state index is 12.8. The summed E-state index contributed by atoms with van der Waals surface area (Å²) in [5, 5.41) is 4.92. The van der Waals surface area contributed by atoms with E-state index in [2.05, 4.69) is 26.8 Å². The zero-order chi connectivity index (χ0) is 18.1. The van der Waals surface area contributed by atoms with Crippen LogP contribution in [0.2, 0.25) is 5.02 Å². The maximum atomic E-state index is 12.8. The molecule has 0 unspecified atom stereocenters. The molecule has 6 nitrogen and oxygen atoms in total. The Balaban J connectivity index is 1.46. The molecule has 3 heterocycles. The minimum atomic E-state index is 0.145. The molecule has 0 bridgehead atoms. The summed E-state index contributed by atoms with van der Waals surface area (Å²) in [6.07, 6.45) is 11.2. The van der Waals surface area contributed by atoms with Crippen molar-refractivity contribution < 1.29 is 4.79 Å². The molecule has 1 aliphatic heterocycles. The van der Waals surface area contributed by atoms with E-state index in [0.717, 1.165) is 43.9 Å². The molecule has 0 radical (unpaired) electrons. The topological polar surface area (TPSA) is 54.3 Å². The Morgan fingerprint density at radius 2 is 2.00 bits per heavy atom. The molecule has 0 atom stereocenters. The standard InChI is InChI=1S/C19H24ClN5O/c1-2-24(16-3-4-16)19(26)14-6-9-23(10-7-14)18-12-21-8-5-17(18)25-13-15(20)11-22-25/h5,8,11-14,16H,2-4,6-7,9-10H2,1H3. The van der Waals surface area contributed by atoms with Crippen LogP contribution in [0.15, 0.2) is 30.9 Å². The fourth-order valence-electron chi connectivity index (χ4n) is 3.83. The van der Waals surface area contributed by atoms with Crippen LogP contribution in [0.5, 0.6) is 0 Å². The van der Waals surface area contributed by atoms with E-state index in [1.165, 1.54) is 12.8 Å². The number of piperidine rings is 1. The summed E-state index contributed by atoms with van der Waals surface area (Å²) in [5.74, 6) is 0.492. The van der Waals surface area contributed by atoms with E-state index in [1.54, 1.807) is 23.3 Å². The van der Waals surface area contributed by atoms with Crippen LogP contribution in [-0.2, 0) is 4.79 Å². The quantitative estimate of drug-likeness (QED) is 0.807. The number of hydrogen-bond donors (Lipinski definition) is 0. The number of anilines is 1. The molecular formula is C19H24ClN5O. The maximum Gasteiger partial charge on any atom is 0.226 e. The van der Waals surface area contributed by atoms with Crippen molar-refractivity contribution in [1.82, 2.24) is 19.7 Å². The van der Waals surface area contributed by atoms with Gasteiger partial charge in [0.25, 0.3) is 0 Å². The SMILES string of the molecule is CCN(C(=O)C1CCN(c2cnccc2-n2cc(Cl)cn2)CC1)C1CC1. The normalized spacial score (nSPS) is 18.2. The Kier molecular flexibility index (Phi) is 4.85. The van der Waals surface area contributed by atoms with Crippen LogP contribution in [0, 0.1) is 5.92 Å². The van der Waals surface area contributed by atoms with Crippen LogP contribution in [-0.4, -0.2) is 51.2 Å². The molecule has 1 amide bonds. The Hall–Kier alpha value is -2.08. The molecule has 2 fully saturated rings. The highest BCUT2D eigenvalue weighted by Gasteiger charge is 2.36. The van der Waals surface area contributed by atoms with Crippen molar-refractivity contribution in [2.75, 3.05) is 24.5 Å². The van der Waals surface area contributed by atoms with Crippen LogP contribution in [0.25, 0.3) is 5.69 Å². The summed E-state index contributed by atoms with van der Waals surface area (Å²) in [6, 6.07) is 2.45. The van der Waals surface area contributed by atoms with E-state index >= 15 is 0 Å². The monoisotopic (exact) mass is 373 g/mol. The van der Waals surface area contributed by atoms with Gasteiger partial charge in [-0.3, -0.25) is 9.78 Å². The fourth-order valence-corrected chi connectivity index (χ4v) is 3.97. The van der Waals surface area contributed by atoms with Gasteiger partial charge >= 0.3 is 0 Å². The van der Waals surface area contributed by atoms with Crippen molar-refractivity contribution in [3.8, 4) is 5.69 Å². The first-order valence-electron chi connectivity index (χ1n) is 9.37. The molecule has 26 heavy (non-hydrogen) atoms. The highest BCUT2D eigenvalue weighted by Crippen LogP contribution is 2.32. The molecule has 2 aromatic rings. The lowest BCUT2D eigenvalue weighted by molar-refractivity contribution is -0.136. The summed E-state index contributed by atoms with van der Waals surface area (Å²) >= 11 is 6.02. The fraction of sp³-hybridized carbons (Fsp3) is 0.526. The zero-order valence-electron chi connectivity index (χ0n) is 15.0. The van der Waals surface area contributed by atoms with Gasteiger partial charge in [0.1, 0.15) is 0 Å². The number of aromatic nitrogens is 3. The van der Waals surface area contributed by atoms with Gasteiger partial charge in [0.05, 0.1) is 28.8 Å². The molecule has 7 heteroatoms. The third kappa shape index (κ3) is 3.43. The van der Waals surface area contributed by atoms with Crippen LogP contribution >= 0.6 is 11.6 Å². The molecule has 0 spiro atoms. The zero-order valence-corrected chi connectivity index (χ0v) is 15.8. The number of halogens is 1. The molecule has 0 aromatic carbocycles. The van der Waals surface area contributed by atoms with Gasteiger partial charge in [0, 0.05) is 44.0 Å². The summed E-state index contributed by atoms with van der Waals surface area (Å²) in [7, 11) is 0. The second-order valence-corrected chi connectivity index (χ2v) is 7.52. The Morgan fingerprint density at radius 3 is 2.62 bits per heavy atom. The average Bonchev–Trinajstić information content (AvgIpc) is 3.42. The van der Waals surface area contributed by atoms with Crippen molar-refractivity contribution in [3.05, 3.63) is 35.9 Å². The molecule has 1 saturated carbocycles. The van der Waals surface area contributed by atoms with E-state index in [-0.39, 0.29) is 5.92 Å². The molecule has 0 N–H and O–H groups in total. The third-order valence-corrected chi connectivity index (χ3v) is 5.57. The number of hydrogen-bond acceptors (Lipinski definition) is 4. The Morgan fingerprint density at radius 1 is 1.23 bits per heavy atom. The van der Waals surface area contributed by atoms with Crippen LogP contribution in [0.1, 0.15) is 32.6 Å². The smallest absolute Gasteiger partial charge is 0.226 e. The third-order valence-electron chi connectivity index (χ3n) is 5.37. The highest BCUT2D eigenvalue weighted by molar-refractivity contribution is 6.30. The van der Waals surface area contributed by atoms with Crippen molar-refractivity contribution in [2.45, 2.75) is 38.6 Å². The predicted molar refractivity (Wildman–Crippen MR) is 102 cm³/mol. The number of rotatable bonds is 5. The lowest BCUT2D eigenvalue weighted by Crippen LogP contribution is -2.43. The summed E-state index contributed by atoms with van der Waals surface area (Å²) in [6.45, 7) is 4.62. The van der Waals surface area contributed by atoms with Gasteiger partial charge in [-0.15, -0.1) is 0 Å². The van der Waals surface area contributed by atoms with Gasteiger partial charge in [0.2, 0.25) is 5.91 Å². The molecule has 1 saturated heterocycles. The van der Waals surface area contributed by atoms with Gasteiger partial charge in [0.15, 0.2) is 0 Å². The summed E-state index contributed by atoms with van der Waals surface area (Å²) in [5.41, 5.74) is 2.00. The van der Waals surface area contributed by atoms with Gasteiger partial charge in [-0.05, 0) is 38.7 Å². The highest BCUT2D eigenvalue weighted by atomic mass is 35.5. The van der Waals surface area contributed by atoms with Gasteiger partial charge < -0.3 is 9.80 Å². The van der Waals surface area contributed by atoms with Crippen LogP contribution < -0.4 is 4.90 Å². The van der Waals surface area contributed by atoms with Crippen LogP contribution in [0.4, 0.5) is 5.69 Å². The molecule has 2 aliphatic rings. The van der Waals surface area contributed by atoms with E-state index in [9.17, 15) is 4.79 Å². The van der Waals surface area contributed by atoms with Crippen LogP contribution in [0.3, 0.4) is 0 Å². The second kappa shape index (κ2) is 7.27. The summed E-state index contributed by atoms with van der Waals surface area (Å²) < 4.78 is 1.78. The Bertz CT molecular complexity index is 780. The van der Waals surface area contributed by atoms with E-state index in [1.807, 2.05) is 12.3 Å². The Labute approximate surface area is 158 Å². The lowest BCUT2D eigenvalue weighted by Gasteiger charge is -2.35. The van der Waals surface area contributed by atoms with Crippen molar-refractivity contribution >= 4 is 23.2 Å². The van der Waals surface area contributed by atoms with Crippen molar-refractivity contribution in [1.29, 1.82) is 0 Å². The summed E-state index contributed by atoms with van der Waals surface area (Å²) in [4.78, 5) is 21.5. The number of carbonyl (C=O) groups excluding carboxylic acids is 1. The van der Waals surface area contributed by atoms with Crippen molar-refractivity contribution in [2.24, 2.45) is 5.92 Å². The first kappa shape index (κ1) is 17.3. The number of carbonyl (C=O) groups is 1. The van der Waals surface area contributed by atoms with E-state index < -0.39 is 0 Å².